The van der Waals surface area contributed by atoms with Gasteiger partial charge in [-0.15, -0.1) is 0 Å². The van der Waals surface area contributed by atoms with Gasteiger partial charge in [0.2, 0.25) is 0 Å². The van der Waals surface area contributed by atoms with E-state index in [1.54, 1.807) is 0 Å². The summed E-state index contributed by atoms with van der Waals surface area (Å²) in [4.78, 5) is 0. The van der Waals surface area contributed by atoms with E-state index in [4.69, 9.17) is 5.41 Å². The fraction of sp³-hybridized carbons (Fsp3) is 0.571. The summed E-state index contributed by atoms with van der Waals surface area (Å²) in [5.41, 5.74) is 1.02. The predicted octanol–water partition coefficient (Wildman–Crippen LogP) is 1.39. The molecule has 1 nitrogen and oxygen atoms in total. The minimum Gasteiger partial charge on any atom is -0.911 e. The second-order valence-corrected chi connectivity index (χ2v) is 2.61. The van der Waals surface area contributed by atoms with E-state index in [2.05, 4.69) is 6.08 Å². The Morgan fingerprint density at radius 2 is 2.44 bits per heavy atom. The van der Waals surface area contributed by atoms with Crippen LogP contribution in [0.5, 0.6) is 0 Å². The molecule has 1 radical (unpaired) electrons. The molecule has 45 valence electrons. The van der Waals surface area contributed by atoms with E-state index in [1.807, 2.05) is 0 Å². The zero-order chi connectivity index (χ0) is 5.56. The summed E-state index contributed by atoms with van der Waals surface area (Å²) >= 11 is 0. The first-order valence-corrected chi connectivity index (χ1v) is 3.00. The smallest absolute Gasteiger partial charge is 0 e. The van der Waals surface area contributed by atoms with Gasteiger partial charge >= 0.3 is 0 Å². The number of rotatable bonds is 1. The molecule has 2 aliphatic carbocycles. The normalized spacial score (nSPS) is 36.2. The third-order valence-corrected chi connectivity index (χ3v) is 1.93. The maximum Gasteiger partial charge on any atom is 0 e. The quantitative estimate of drug-likeness (QED) is 0.444. The molecule has 0 saturated heterocycles. The molecular weight excluding hydrogens is 187 g/mol. The Kier molecular flexibility index (Phi) is 2.23. The molecule has 0 bridgehead atoms. The largest absolute Gasteiger partial charge is 0.911 e. The van der Waals surface area contributed by atoms with Gasteiger partial charge in [-0.3, -0.25) is 6.08 Å². The first kappa shape index (κ1) is 7.62. The van der Waals surface area contributed by atoms with Gasteiger partial charge in [-0.1, -0.05) is 24.7 Å². The molecule has 9 heavy (non-hydrogen) atoms. The van der Waals surface area contributed by atoms with Crippen molar-refractivity contribution in [1.29, 1.82) is 0 Å². The van der Waals surface area contributed by atoms with Gasteiger partial charge in [-0.2, -0.15) is 0 Å². The minimum absolute atomic E-state index is 0. The number of hydrogen-bond acceptors (Lipinski definition) is 0. The number of nitrogens with zero attached hydrogens (tertiary/aromatic N) is 1. The third-order valence-electron chi connectivity index (χ3n) is 1.93. The van der Waals surface area contributed by atoms with Gasteiger partial charge < -0.3 is 11.6 Å². The maximum absolute atomic E-state index is 8.48. The molecule has 0 aromatic carbocycles. The van der Waals surface area contributed by atoms with Crippen LogP contribution >= 0.6 is 0 Å². The Morgan fingerprint density at radius 1 is 1.67 bits per heavy atom. The van der Waals surface area contributed by atoms with Crippen LogP contribution in [0.4, 0.5) is 0 Å². The van der Waals surface area contributed by atoms with E-state index in [1.165, 1.54) is 12.6 Å². The topological polar surface area (TPSA) is 22.3 Å². The van der Waals surface area contributed by atoms with Crippen LogP contribution < -0.4 is 0 Å². The van der Waals surface area contributed by atoms with Gasteiger partial charge in [-0.25, -0.2) is 5.57 Å². The van der Waals surface area contributed by atoms with E-state index in [9.17, 15) is 0 Å². The van der Waals surface area contributed by atoms with Gasteiger partial charge in [0.05, 0.1) is 0 Å². The number of allylic oxidation sites excluding steroid dienone is 2. The van der Waals surface area contributed by atoms with E-state index >= 15 is 0 Å². The van der Waals surface area contributed by atoms with Crippen LogP contribution in [-0.2, 0) is 32.7 Å². The van der Waals surface area contributed by atoms with Crippen LogP contribution in [0.25, 0.3) is 5.41 Å². The van der Waals surface area contributed by atoms with Crippen LogP contribution in [0.1, 0.15) is 12.8 Å². The van der Waals surface area contributed by atoms with Gasteiger partial charge in [0, 0.05) is 32.7 Å². The monoisotopic (exact) mass is 194 g/mol. The Labute approximate surface area is 80.3 Å². The zero-order valence-corrected chi connectivity index (χ0v) is 8.01. The Bertz CT molecular complexity index is 162. The van der Waals surface area contributed by atoms with Gasteiger partial charge in [0.25, 0.3) is 0 Å². The first-order chi connectivity index (χ1) is 3.90. The summed E-state index contributed by atoms with van der Waals surface area (Å²) in [7, 11) is 0. The molecule has 1 saturated carbocycles. The van der Waals surface area contributed by atoms with Crippen molar-refractivity contribution < 1.29 is 32.7 Å². The predicted molar refractivity (Wildman–Crippen MR) is 32.4 cm³/mol. The van der Waals surface area contributed by atoms with Crippen molar-refractivity contribution in [3.05, 3.63) is 17.1 Å². The average molecular weight is 194 g/mol. The van der Waals surface area contributed by atoms with E-state index in [0.29, 0.717) is 5.92 Å². The average Bonchev–Trinajstić information content (AvgIpc) is 2.40. The molecule has 2 heteroatoms. The van der Waals surface area contributed by atoms with Crippen molar-refractivity contribution in [2.24, 2.45) is 11.8 Å². The van der Waals surface area contributed by atoms with E-state index in [0.717, 1.165) is 17.9 Å². The van der Waals surface area contributed by atoms with Crippen molar-refractivity contribution in [3.8, 4) is 0 Å². The summed E-state index contributed by atoms with van der Waals surface area (Å²) in [5.74, 6) is 1.57. The van der Waals surface area contributed by atoms with Crippen LogP contribution in [0.15, 0.2) is 5.57 Å². The van der Waals surface area contributed by atoms with Crippen molar-refractivity contribution in [2.45, 2.75) is 12.8 Å². The van der Waals surface area contributed by atoms with Crippen molar-refractivity contribution >= 4 is 6.21 Å². The van der Waals surface area contributed by atoms with Crippen LogP contribution in [-0.4, -0.2) is 6.21 Å². The zero-order valence-electron chi connectivity index (χ0n) is 5.17. The molecule has 0 N–H and O–H groups in total. The summed E-state index contributed by atoms with van der Waals surface area (Å²) in [5, 5.41) is 8.48. The molecule has 0 aromatic rings. The molecule has 0 aromatic heterocycles. The Hall–Kier alpha value is 0.514. The summed E-state index contributed by atoms with van der Waals surface area (Å²) in [6.07, 6.45) is 6.76. The third kappa shape index (κ3) is 1.32. The van der Waals surface area contributed by atoms with Crippen molar-refractivity contribution in [1.82, 2.24) is 0 Å². The molecular formula is C7H7NY-2. The molecule has 2 unspecified atom stereocenters. The van der Waals surface area contributed by atoms with Crippen LogP contribution in [0, 0.1) is 17.9 Å². The van der Waals surface area contributed by atoms with Gasteiger partial charge in [0.1, 0.15) is 0 Å². The second-order valence-electron chi connectivity index (χ2n) is 2.61. The second kappa shape index (κ2) is 2.63. The molecule has 2 rings (SSSR count). The fourth-order valence-electron chi connectivity index (χ4n) is 1.32. The SMILES string of the molecule is [N-]=CC1=[C-]C2CC2C1.[Y]. The van der Waals surface area contributed by atoms with Gasteiger partial charge in [-0.05, 0) is 0 Å². The molecule has 2 aliphatic rings. The van der Waals surface area contributed by atoms with Crippen molar-refractivity contribution in [3.63, 3.8) is 0 Å². The van der Waals surface area contributed by atoms with Crippen LogP contribution in [0.3, 0.4) is 0 Å². The standard InChI is InChI=1S/C7H7N.Y/c8-4-5-1-6-3-7(6)2-5;/h4,6-7H,1,3H2;/q-2;. The fourth-order valence-corrected chi connectivity index (χ4v) is 1.32. The Morgan fingerprint density at radius 3 is 2.78 bits per heavy atom. The molecule has 0 heterocycles. The summed E-state index contributed by atoms with van der Waals surface area (Å²) in [6, 6.07) is 0. The van der Waals surface area contributed by atoms with Crippen molar-refractivity contribution in [2.75, 3.05) is 0 Å². The summed E-state index contributed by atoms with van der Waals surface area (Å²) < 4.78 is 0. The molecule has 2 atom stereocenters. The molecule has 0 aliphatic heterocycles. The molecule has 0 spiro atoms. The number of fused-ring (bicyclic) bond motifs is 1. The number of hydrogen-bond donors (Lipinski definition) is 0. The van der Waals surface area contributed by atoms with E-state index < -0.39 is 0 Å². The molecule has 0 amide bonds. The van der Waals surface area contributed by atoms with Gasteiger partial charge in [0.15, 0.2) is 0 Å². The minimum atomic E-state index is 0. The Balaban J connectivity index is 0.000000405. The molecule has 1 fully saturated rings. The van der Waals surface area contributed by atoms with Crippen LogP contribution in [0.2, 0.25) is 0 Å². The summed E-state index contributed by atoms with van der Waals surface area (Å²) in [6.45, 7) is 0. The van der Waals surface area contributed by atoms with E-state index in [-0.39, 0.29) is 32.7 Å². The first-order valence-electron chi connectivity index (χ1n) is 3.00. The maximum atomic E-state index is 8.48.